The van der Waals surface area contributed by atoms with Crippen LogP contribution >= 0.6 is 0 Å². The molecule has 3 rings (SSSR count). The Labute approximate surface area is 141 Å². The van der Waals surface area contributed by atoms with Crippen molar-refractivity contribution in [3.8, 4) is 6.07 Å². The fourth-order valence-corrected chi connectivity index (χ4v) is 2.67. The van der Waals surface area contributed by atoms with Crippen LogP contribution in [-0.4, -0.2) is 15.7 Å². The van der Waals surface area contributed by atoms with Crippen molar-refractivity contribution in [2.45, 2.75) is 39.2 Å². The minimum Gasteiger partial charge on any atom is -0.321 e. The summed E-state index contributed by atoms with van der Waals surface area (Å²) in [4.78, 5) is 12.4. The predicted octanol–water partition coefficient (Wildman–Crippen LogP) is 3.77. The van der Waals surface area contributed by atoms with Crippen LogP contribution in [0.4, 0.5) is 5.69 Å². The Morgan fingerprint density at radius 2 is 2.21 bits per heavy atom. The molecule has 1 amide bonds. The van der Waals surface area contributed by atoms with Crippen molar-refractivity contribution < 1.29 is 4.79 Å². The molecule has 5 nitrogen and oxygen atoms in total. The van der Waals surface area contributed by atoms with E-state index in [0.717, 1.165) is 35.2 Å². The third-order valence-corrected chi connectivity index (χ3v) is 4.60. The molecule has 1 aromatic heterocycles. The number of nitrogens with one attached hydrogen (secondary N) is 1. The summed E-state index contributed by atoms with van der Waals surface area (Å²) in [7, 11) is 0. The number of anilines is 1. The van der Waals surface area contributed by atoms with Gasteiger partial charge in [-0.1, -0.05) is 12.1 Å². The number of carbonyl (C=O) groups excluding carboxylic acids is 1. The monoisotopic (exact) mass is 320 g/mol. The fraction of sp³-hybridized carbons (Fsp3) is 0.316. The van der Waals surface area contributed by atoms with Crippen LogP contribution in [-0.2, 0) is 4.79 Å². The summed E-state index contributed by atoms with van der Waals surface area (Å²) in [5.74, 6) is -0.400. The molecule has 1 fully saturated rings. The molecule has 5 heteroatoms. The molecular formula is C19H20N4O. The number of nitriles is 1. The quantitative estimate of drug-likeness (QED) is 0.688. The molecule has 1 aliphatic rings. The van der Waals surface area contributed by atoms with Crippen LogP contribution in [0, 0.1) is 25.2 Å². The average Bonchev–Trinajstić information content (AvgIpc) is 2.95. The topological polar surface area (TPSA) is 70.7 Å². The number of benzene rings is 1. The van der Waals surface area contributed by atoms with Gasteiger partial charge in [-0.15, -0.1) is 0 Å². The number of carbonyl (C=O) groups is 1. The van der Waals surface area contributed by atoms with Crippen molar-refractivity contribution in [1.82, 2.24) is 9.78 Å². The van der Waals surface area contributed by atoms with E-state index in [-0.39, 0.29) is 5.57 Å². The van der Waals surface area contributed by atoms with Gasteiger partial charge < -0.3 is 5.32 Å². The van der Waals surface area contributed by atoms with Crippen LogP contribution in [0.15, 0.2) is 36.2 Å². The van der Waals surface area contributed by atoms with E-state index in [0.29, 0.717) is 6.04 Å². The Hall–Kier alpha value is -2.87. The molecule has 122 valence electrons. The van der Waals surface area contributed by atoms with E-state index in [1.165, 1.54) is 6.42 Å². The lowest BCUT2D eigenvalue weighted by Gasteiger charge is -2.25. The fourth-order valence-electron chi connectivity index (χ4n) is 2.67. The molecule has 24 heavy (non-hydrogen) atoms. The van der Waals surface area contributed by atoms with Gasteiger partial charge in [-0.25, -0.2) is 0 Å². The number of hydrogen-bond donors (Lipinski definition) is 1. The van der Waals surface area contributed by atoms with Crippen LogP contribution in [0.2, 0.25) is 0 Å². The Morgan fingerprint density at radius 3 is 2.88 bits per heavy atom. The number of hydrogen-bond acceptors (Lipinski definition) is 3. The van der Waals surface area contributed by atoms with Crippen molar-refractivity contribution in [3.05, 3.63) is 52.9 Å². The SMILES string of the molecule is Cc1cccc(NC(=O)/C(C#N)=C/c2cnn(C3CCC3)c2)c1C. The number of amides is 1. The molecular weight excluding hydrogens is 300 g/mol. The number of rotatable bonds is 4. The first kappa shape index (κ1) is 16.0. The lowest BCUT2D eigenvalue weighted by Crippen LogP contribution is -2.17. The molecule has 2 aromatic rings. The minimum atomic E-state index is -0.400. The van der Waals surface area contributed by atoms with Crippen LogP contribution in [0.5, 0.6) is 0 Å². The first-order valence-electron chi connectivity index (χ1n) is 8.12. The smallest absolute Gasteiger partial charge is 0.266 e. The molecule has 0 atom stereocenters. The van der Waals surface area contributed by atoms with Gasteiger partial charge in [0, 0.05) is 17.4 Å². The summed E-state index contributed by atoms with van der Waals surface area (Å²) in [6, 6.07) is 8.15. The largest absolute Gasteiger partial charge is 0.321 e. The number of aromatic nitrogens is 2. The van der Waals surface area contributed by atoms with Crippen molar-refractivity contribution >= 4 is 17.7 Å². The van der Waals surface area contributed by atoms with Gasteiger partial charge in [0.15, 0.2) is 0 Å². The van der Waals surface area contributed by atoms with Crippen LogP contribution in [0.25, 0.3) is 6.08 Å². The number of aryl methyl sites for hydroxylation is 1. The molecule has 1 aromatic carbocycles. The van der Waals surface area contributed by atoms with E-state index in [9.17, 15) is 10.1 Å². The predicted molar refractivity (Wildman–Crippen MR) is 93.3 cm³/mol. The molecule has 0 unspecified atom stereocenters. The van der Waals surface area contributed by atoms with Crippen LogP contribution in [0.1, 0.15) is 42.0 Å². The minimum absolute atomic E-state index is 0.0732. The molecule has 1 N–H and O–H groups in total. The highest BCUT2D eigenvalue weighted by Crippen LogP contribution is 2.31. The maximum Gasteiger partial charge on any atom is 0.266 e. The zero-order valence-corrected chi connectivity index (χ0v) is 13.9. The van der Waals surface area contributed by atoms with Gasteiger partial charge in [0.1, 0.15) is 11.6 Å². The van der Waals surface area contributed by atoms with Crippen molar-refractivity contribution in [1.29, 1.82) is 5.26 Å². The molecule has 0 saturated heterocycles. The first-order chi connectivity index (χ1) is 11.6. The second-order valence-corrected chi connectivity index (χ2v) is 6.21. The Morgan fingerprint density at radius 1 is 1.42 bits per heavy atom. The first-order valence-corrected chi connectivity index (χ1v) is 8.12. The lowest BCUT2D eigenvalue weighted by atomic mass is 9.93. The third-order valence-electron chi connectivity index (χ3n) is 4.60. The molecule has 1 aliphatic carbocycles. The molecule has 1 heterocycles. The van der Waals surface area contributed by atoms with E-state index in [1.807, 2.05) is 49.0 Å². The van der Waals surface area contributed by atoms with E-state index >= 15 is 0 Å². The van der Waals surface area contributed by atoms with Crippen molar-refractivity contribution in [3.63, 3.8) is 0 Å². The molecule has 1 saturated carbocycles. The van der Waals surface area contributed by atoms with Gasteiger partial charge in [-0.05, 0) is 56.4 Å². The van der Waals surface area contributed by atoms with Gasteiger partial charge in [0.2, 0.25) is 0 Å². The Balaban J connectivity index is 1.77. The highest BCUT2D eigenvalue weighted by Gasteiger charge is 2.20. The van der Waals surface area contributed by atoms with E-state index in [4.69, 9.17) is 0 Å². The molecule has 0 radical (unpaired) electrons. The zero-order valence-electron chi connectivity index (χ0n) is 13.9. The average molecular weight is 320 g/mol. The normalized spacial score (nSPS) is 14.8. The summed E-state index contributed by atoms with van der Waals surface area (Å²) in [6.45, 7) is 3.93. The maximum absolute atomic E-state index is 12.4. The van der Waals surface area contributed by atoms with Crippen LogP contribution in [0.3, 0.4) is 0 Å². The van der Waals surface area contributed by atoms with Crippen molar-refractivity contribution in [2.24, 2.45) is 0 Å². The third kappa shape index (κ3) is 3.23. The highest BCUT2D eigenvalue weighted by molar-refractivity contribution is 6.09. The number of nitrogens with zero attached hydrogens (tertiary/aromatic N) is 3. The van der Waals surface area contributed by atoms with Crippen LogP contribution < -0.4 is 5.32 Å². The molecule has 0 spiro atoms. The zero-order chi connectivity index (χ0) is 17.1. The van der Waals surface area contributed by atoms with Gasteiger partial charge in [-0.3, -0.25) is 9.48 Å². The summed E-state index contributed by atoms with van der Waals surface area (Å²) in [5, 5.41) is 16.5. The summed E-state index contributed by atoms with van der Waals surface area (Å²) >= 11 is 0. The van der Waals surface area contributed by atoms with E-state index < -0.39 is 5.91 Å². The Kier molecular flexibility index (Phi) is 4.48. The van der Waals surface area contributed by atoms with Gasteiger partial charge >= 0.3 is 0 Å². The maximum atomic E-state index is 12.4. The molecule has 0 aliphatic heterocycles. The Bertz CT molecular complexity index is 837. The summed E-state index contributed by atoms with van der Waals surface area (Å²) in [6.07, 6.45) is 8.69. The second-order valence-electron chi connectivity index (χ2n) is 6.21. The van der Waals surface area contributed by atoms with E-state index in [2.05, 4.69) is 10.4 Å². The lowest BCUT2D eigenvalue weighted by molar-refractivity contribution is -0.112. The summed E-state index contributed by atoms with van der Waals surface area (Å²) < 4.78 is 1.92. The van der Waals surface area contributed by atoms with Gasteiger partial charge in [-0.2, -0.15) is 10.4 Å². The van der Waals surface area contributed by atoms with Gasteiger partial charge in [0.05, 0.1) is 12.2 Å². The van der Waals surface area contributed by atoms with E-state index in [1.54, 1.807) is 12.3 Å². The van der Waals surface area contributed by atoms with Gasteiger partial charge in [0.25, 0.3) is 5.91 Å². The molecule has 0 bridgehead atoms. The highest BCUT2D eigenvalue weighted by atomic mass is 16.1. The standard InChI is InChI=1S/C19H20N4O/c1-13-5-3-8-18(14(13)2)22-19(24)16(10-20)9-15-11-21-23(12-15)17-6-4-7-17/h3,5,8-9,11-12,17H,4,6-7H2,1-2H3,(H,22,24)/b16-9+. The summed E-state index contributed by atoms with van der Waals surface area (Å²) in [5.41, 5.74) is 3.67. The second kappa shape index (κ2) is 6.71. The van der Waals surface area contributed by atoms with Crippen molar-refractivity contribution in [2.75, 3.05) is 5.32 Å².